The van der Waals surface area contributed by atoms with E-state index in [1.165, 1.54) is 5.56 Å². The zero-order chi connectivity index (χ0) is 19.2. The first-order chi connectivity index (χ1) is 13.0. The fourth-order valence-electron chi connectivity index (χ4n) is 2.66. The van der Waals surface area contributed by atoms with Crippen LogP contribution < -0.4 is 10.1 Å². The van der Waals surface area contributed by atoms with Crippen molar-refractivity contribution < 1.29 is 14.1 Å². The van der Waals surface area contributed by atoms with E-state index in [4.69, 9.17) is 9.26 Å². The van der Waals surface area contributed by atoms with Crippen molar-refractivity contribution in [2.75, 3.05) is 7.11 Å². The van der Waals surface area contributed by atoms with Crippen LogP contribution in [-0.2, 0) is 12.8 Å². The standard InChI is InChI=1S/C21H23N3O3/c1-14(2)22-21(25)17-6-4-5-16(13-17)20-23-19(27-24-20)12-9-15-7-10-18(26-3)11-8-15/h4-8,10-11,13-14H,9,12H2,1-3H3,(H,22,25). The number of nitrogens with one attached hydrogen (secondary N) is 1. The smallest absolute Gasteiger partial charge is 0.251 e. The highest BCUT2D eigenvalue weighted by Crippen LogP contribution is 2.19. The van der Waals surface area contributed by atoms with E-state index in [-0.39, 0.29) is 11.9 Å². The number of hydrogen-bond acceptors (Lipinski definition) is 5. The molecular weight excluding hydrogens is 342 g/mol. The van der Waals surface area contributed by atoms with Crippen LogP contribution in [0, 0.1) is 0 Å². The Labute approximate surface area is 158 Å². The van der Waals surface area contributed by atoms with Gasteiger partial charge in [-0.2, -0.15) is 4.98 Å². The molecule has 0 bridgehead atoms. The molecule has 27 heavy (non-hydrogen) atoms. The Bertz CT molecular complexity index is 901. The molecule has 3 aromatic rings. The van der Waals surface area contributed by atoms with Gasteiger partial charge in [0.2, 0.25) is 11.7 Å². The minimum atomic E-state index is -0.116. The molecule has 0 aliphatic carbocycles. The molecule has 1 heterocycles. The number of aryl methyl sites for hydroxylation is 2. The number of aromatic nitrogens is 2. The van der Waals surface area contributed by atoms with Gasteiger partial charge in [-0.3, -0.25) is 4.79 Å². The van der Waals surface area contributed by atoms with Crippen LogP contribution in [0.3, 0.4) is 0 Å². The van der Waals surface area contributed by atoms with Crippen LogP contribution in [0.25, 0.3) is 11.4 Å². The Hall–Kier alpha value is -3.15. The predicted molar refractivity (Wildman–Crippen MR) is 103 cm³/mol. The molecule has 140 valence electrons. The molecule has 0 unspecified atom stereocenters. The zero-order valence-corrected chi connectivity index (χ0v) is 15.7. The van der Waals surface area contributed by atoms with Crippen LogP contribution >= 0.6 is 0 Å². The summed E-state index contributed by atoms with van der Waals surface area (Å²) in [4.78, 5) is 16.6. The normalized spacial score (nSPS) is 10.8. The lowest BCUT2D eigenvalue weighted by molar-refractivity contribution is 0.0943. The molecule has 0 atom stereocenters. The van der Waals surface area contributed by atoms with Crippen LogP contribution in [-0.4, -0.2) is 29.2 Å². The molecule has 0 saturated carbocycles. The maximum absolute atomic E-state index is 12.2. The van der Waals surface area contributed by atoms with Gasteiger partial charge in [-0.15, -0.1) is 0 Å². The van der Waals surface area contributed by atoms with E-state index in [1.54, 1.807) is 19.2 Å². The van der Waals surface area contributed by atoms with Gasteiger partial charge in [-0.1, -0.05) is 29.4 Å². The van der Waals surface area contributed by atoms with Gasteiger partial charge in [0.1, 0.15) is 5.75 Å². The summed E-state index contributed by atoms with van der Waals surface area (Å²) in [6.07, 6.45) is 1.44. The van der Waals surface area contributed by atoms with Gasteiger partial charge in [-0.05, 0) is 50.1 Å². The summed E-state index contributed by atoms with van der Waals surface area (Å²) < 4.78 is 10.5. The topological polar surface area (TPSA) is 77.2 Å². The highest BCUT2D eigenvalue weighted by atomic mass is 16.5. The molecule has 0 aliphatic heterocycles. The number of carbonyl (C=O) groups is 1. The molecule has 1 amide bonds. The second-order valence-corrected chi connectivity index (χ2v) is 6.57. The molecule has 0 aliphatic rings. The average molecular weight is 365 g/mol. The van der Waals surface area contributed by atoms with Crippen molar-refractivity contribution in [3.63, 3.8) is 0 Å². The van der Waals surface area contributed by atoms with Crippen molar-refractivity contribution in [2.24, 2.45) is 0 Å². The number of amides is 1. The maximum Gasteiger partial charge on any atom is 0.251 e. The first-order valence-corrected chi connectivity index (χ1v) is 8.92. The fourth-order valence-corrected chi connectivity index (χ4v) is 2.66. The second kappa shape index (κ2) is 8.49. The van der Waals surface area contributed by atoms with Gasteiger partial charge in [0.05, 0.1) is 7.11 Å². The van der Waals surface area contributed by atoms with E-state index in [0.29, 0.717) is 23.7 Å². The number of ether oxygens (including phenoxy) is 1. The van der Waals surface area contributed by atoms with Gasteiger partial charge in [-0.25, -0.2) is 0 Å². The Morgan fingerprint density at radius 1 is 1.15 bits per heavy atom. The summed E-state index contributed by atoms with van der Waals surface area (Å²) in [7, 11) is 1.65. The summed E-state index contributed by atoms with van der Waals surface area (Å²) >= 11 is 0. The Morgan fingerprint density at radius 2 is 1.93 bits per heavy atom. The summed E-state index contributed by atoms with van der Waals surface area (Å²) in [6.45, 7) is 3.85. The molecule has 6 heteroatoms. The van der Waals surface area contributed by atoms with Gasteiger partial charge in [0.15, 0.2) is 0 Å². The highest BCUT2D eigenvalue weighted by molar-refractivity contribution is 5.95. The third-order valence-electron chi connectivity index (χ3n) is 4.06. The SMILES string of the molecule is COc1ccc(CCc2nc(-c3cccc(C(=O)NC(C)C)c3)no2)cc1. The van der Waals surface area contributed by atoms with E-state index < -0.39 is 0 Å². The number of rotatable bonds is 7. The Kier molecular flexibility index (Phi) is 5.86. The van der Waals surface area contributed by atoms with Crippen molar-refractivity contribution in [3.8, 4) is 17.1 Å². The van der Waals surface area contributed by atoms with Crippen molar-refractivity contribution in [2.45, 2.75) is 32.7 Å². The number of carbonyl (C=O) groups excluding carboxylic acids is 1. The summed E-state index contributed by atoms with van der Waals surface area (Å²) in [5.74, 6) is 1.77. The van der Waals surface area contributed by atoms with Crippen LogP contribution in [0.5, 0.6) is 5.75 Å². The minimum Gasteiger partial charge on any atom is -0.497 e. The van der Waals surface area contributed by atoms with Gasteiger partial charge in [0.25, 0.3) is 5.91 Å². The minimum absolute atomic E-state index is 0.0795. The molecular formula is C21H23N3O3. The van der Waals surface area contributed by atoms with E-state index in [0.717, 1.165) is 17.7 Å². The van der Waals surface area contributed by atoms with Gasteiger partial charge >= 0.3 is 0 Å². The third kappa shape index (κ3) is 4.94. The average Bonchev–Trinajstić information content (AvgIpc) is 3.15. The quantitative estimate of drug-likeness (QED) is 0.691. The first-order valence-electron chi connectivity index (χ1n) is 8.92. The maximum atomic E-state index is 12.2. The molecule has 1 N–H and O–H groups in total. The summed E-state index contributed by atoms with van der Waals surface area (Å²) in [6, 6.07) is 15.2. The van der Waals surface area contributed by atoms with Crippen LogP contribution in [0.4, 0.5) is 0 Å². The summed E-state index contributed by atoms with van der Waals surface area (Å²) in [5, 5.41) is 6.93. The lowest BCUT2D eigenvalue weighted by Crippen LogP contribution is -2.30. The second-order valence-electron chi connectivity index (χ2n) is 6.57. The van der Waals surface area contributed by atoms with Crippen molar-refractivity contribution in [1.29, 1.82) is 0 Å². The van der Waals surface area contributed by atoms with Crippen molar-refractivity contribution in [1.82, 2.24) is 15.5 Å². The van der Waals surface area contributed by atoms with Crippen LogP contribution in [0.15, 0.2) is 53.1 Å². The lowest BCUT2D eigenvalue weighted by Gasteiger charge is -2.08. The van der Waals surface area contributed by atoms with Gasteiger partial charge in [0, 0.05) is 23.6 Å². The van der Waals surface area contributed by atoms with Crippen molar-refractivity contribution >= 4 is 5.91 Å². The molecule has 3 rings (SSSR count). The molecule has 1 aromatic heterocycles. The molecule has 0 fully saturated rings. The fraction of sp³-hybridized carbons (Fsp3) is 0.286. The molecule has 0 radical (unpaired) electrons. The Balaban J connectivity index is 1.67. The van der Waals surface area contributed by atoms with Crippen LogP contribution in [0.1, 0.15) is 35.7 Å². The van der Waals surface area contributed by atoms with E-state index >= 15 is 0 Å². The zero-order valence-electron chi connectivity index (χ0n) is 15.7. The van der Waals surface area contributed by atoms with Crippen molar-refractivity contribution in [3.05, 3.63) is 65.5 Å². The largest absolute Gasteiger partial charge is 0.497 e. The molecule has 0 saturated heterocycles. The summed E-state index contributed by atoms with van der Waals surface area (Å²) in [5.41, 5.74) is 2.50. The number of hydrogen-bond donors (Lipinski definition) is 1. The third-order valence-corrected chi connectivity index (χ3v) is 4.06. The van der Waals surface area contributed by atoms with Crippen LogP contribution in [0.2, 0.25) is 0 Å². The predicted octanol–water partition coefficient (Wildman–Crippen LogP) is 3.67. The van der Waals surface area contributed by atoms with E-state index in [1.807, 2.05) is 50.2 Å². The van der Waals surface area contributed by atoms with E-state index in [2.05, 4.69) is 15.5 Å². The lowest BCUT2D eigenvalue weighted by atomic mass is 10.1. The Morgan fingerprint density at radius 3 is 2.63 bits per heavy atom. The molecule has 2 aromatic carbocycles. The monoisotopic (exact) mass is 365 g/mol. The molecule has 6 nitrogen and oxygen atoms in total. The number of benzene rings is 2. The van der Waals surface area contributed by atoms with Gasteiger partial charge < -0.3 is 14.6 Å². The number of nitrogens with zero attached hydrogens (tertiary/aromatic N) is 2. The highest BCUT2D eigenvalue weighted by Gasteiger charge is 2.12. The number of methoxy groups -OCH3 is 1. The first kappa shape index (κ1) is 18.6. The van der Waals surface area contributed by atoms with E-state index in [9.17, 15) is 4.79 Å². The molecule has 0 spiro atoms.